The lowest BCUT2D eigenvalue weighted by molar-refractivity contribution is -0.118. The second kappa shape index (κ2) is 9.49. The van der Waals surface area contributed by atoms with Crippen LogP contribution in [0, 0.1) is 11.3 Å². The van der Waals surface area contributed by atoms with Gasteiger partial charge in [-0.1, -0.05) is 11.8 Å². The summed E-state index contributed by atoms with van der Waals surface area (Å²) in [6, 6.07) is 5.33. The van der Waals surface area contributed by atoms with Crippen molar-refractivity contribution in [2.75, 3.05) is 32.8 Å². The zero-order valence-corrected chi connectivity index (χ0v) is 15.9. The Balaban J connectivity index is 1.97. The largest absolute Gasteiger partial charge is 0.496 e. The molecule has 0 saturated heterocycles. The highest BCUT2D eigenvalue weighted by Gasteiger charge is 2.13. The molecule has 0 spiro atoms. The number of thioether (sulfide) groups is 1. The topological polar surface area (TPSA) is 132 Å². The number of nitrogens with one attached hydrogen (secondary N) is 1. The summed E-state index contributed by atoms with van der Waals surface area (Å²) in [5.74, 6) is 1.62. The minimum absolute atomic E-state index is 0.0884. The third-order valence-corrected chi connectivity index (χ3v) is 4.37. The highest BCUT2D eigenvalue weighted by Crippen LogP contribution is 2.34. The van der Waals surface area contributed by atoms with E-state index in [4.69, 9.17) is 25.2 Å². The molecule has 0 unspecified atom stereocenters. The lowest BCUT2D eigenvalue weighted by atomic mass is 10.1. The van der Waals surface area contributed by atoms with Gasteiger partial charge in [-0.05, 0) is 6.07 Å². The van der Waals surface area contributed by atoms with Crippen LogP contribution in [0.5, 0.6) is 17.2 Å². The summed E-state index contributed by atoms with van der Waals surface area (Å²) >= 11 is 1.12. The Labute approximate surface area is 160 Å². The van der Waals surface area contributed by atoms with E-state index in [0.717, 1.165) is 17.3 Å². The quantitative estimate of drug-likeness (QED) is 0.507. The third kappa shape index (κ3) is 5.15. The smallest absolute Gasteiger partial charge is 0.230 e. The minimum Gasteiger partial charge on any atom is -0.496 e. The maximum atomic E-state index is 12.1. The van der Waals surface area contributed by atoms with E-state index in [2.05, 4.69) is 15.3 Å². The Bertz CT molecular complexity index is 869. The number of aromatic nitrogens is 2. The van der Waals surface area contributed by atoms with Crippen LogP contribution in [0.2, 0.25) is 0 Å². The van der Waals surface area contributed by atoms with Gasteiger partial charge in [0.15, 0.2) is 16.7 Å². The zero-order chi connectivity index (χ0) is 19.8. The van der Waals surface area contributed by atoms with Crippen LogP contribution < -0.4 is 25.3 Å². The molecule has 0 aliphatic carbocycles. The number of ether oxygens (including phenoxy) is 3. The Morgan fingerprint density at radius 1 is 1.22 bits per heavy atom. The molecule has 2 rings (SSSR count). The number of carbonyl (C=O) groups is 1. The van der Waals surface area contributed by atoms with Gasteiger partial charge in [0.2, 0.25) is 5.91 Å². The van der Waals surface area contributed by atoms with Crippen LogP contribution in [0.25, 0.3) is 0 Å². The maximum Gasteiger partial charge on any atom is 0.230 e. The molecular weight excluding hydrogens is 370 g/mol. The molecule has 1 aromatic heterocycles. The second-order valence-electron chi connectivity index (χ2n) is 5.15. The normalized spacial score (nSPS) is 10.0. The fourth-order valence-corrected chi connectivity index (χ4v) is 2.79. The molecule has 27 heavy (non-hydrogen) atoms. The minimum atomic E-state index is -0.219. The molecule has 142 valence electrons. The van der Waals surface area contributed by atoms with Crippen LogP contribution in [0.3, 0.4) is 0 Å². The van der Waals surface area contributed by atoms with Crippen LogP contribution in [0.1, 0.15) is 11.1 Å². The van der Waals surface area contributed by atoms with Crippen LogP contribution in [0.15, 0.2) is 23.5 Å². The van der Waals surface area contributed by atoms with Crippen molar-refractivity contribution in [3.63, 3.8) is 0 Å². The van der Waals surface area contributed by atoms with Crippen molar-refractivity contribution in [3.8, 4) is 23.3 Å². The van der Waals surface area contributed by atoms with E-state index in [9.17, 15) is 4.79 Å². The lowest BCUT2D eigenvalue weighted by Crippen LogP contribution is -2.25. The van der Waals surface area contributed by atoms with Gasteiger partial charge >= 0.3 is 0 Å². The number of amides is 1. The molecule has 0 radical (unpaired) electrons. The Kier molecular flexibility index (Phi) is 7.08. The van der Waals surface area contributed by atoms with Crippen LogP contribution in [-0.2, 0) is 11.3 Å². The predicted molar refractivity (Wildman–Crippen MR) is 99.8 cm³/mol. The predicted octanol–water partition coefficient (Wildman–Crippen LogP) is 1.36. The van der Waals surface area contributed by atoms with Crippen molar-refractivity contribution in [3.05, 3.63) is 29.5 Å². The summed E-state index contributed by atoms with van der Waals surface area (Å²) in [7, 11) is 4.61. The van der Waals surface area contributed by atoms with Gasteiger partial charge in [0.25, 0.3) is 0 Å². The average molecular weight is 389 g/mol. The second-order valence-corrected chi connectivity index (χ2v) is 6.09. The van der Waals surface area contributed by atoms with Crippen molar-refractivity contribution in [1.82, 2.24) is 15.3 Å². The molecule has 3 N–H and O–H groups in total. The van der Waals surface area contributed by atoms with Gasteiger partial charge in [0.05, 0.1) is 33.3 Å². The Hall–Kier alpha value is -3.19. The first-order valence-electron chi connectivity index (χ1n) is 7.73. The lowest BCUT2D eigenvalue weighted by Gasteiger charge is -2.14. The Morgan fingerprint density at radius 2 is 1.89 bits per heavy atom. The van der Waals surface area contributed by atoms with Crippen molar-refractivity contribution in [2.24, 2.45) is 0 Å². The fourth-order valence-electron chi connectivity index (χ4n) is 2.14. The van der Waals surface area contributed by atoms with Crippen molar-refractivity contribution in [2.45, 2.75) is 11.7 Å². The number of hydrogen-bond donors (Lipinski definition) is 2. The number of nitriles is 1. The summed E-state index contributed by atoms with van der Waals surface area (Å²) in [6.07, 6.45) is 1.33. The van der Waals surface area contributed by atoms with E-state index in [0.29, 0.717) is 22.4 Å². The molecule has 0 atom stereocenters. The molecule has 0 aliphatic rings. The summed E-state index contributed by atoms with van der Waals surface area (Å²) < 4.78 is 15.8. The van der Waals surface area contributed by atoms with E-state index < -0.39 is 0 Å². The van der Waals surface area contributed by atoms with Gasteiger partial charge in [-0.2, -0.15) is 5.26 Å². The molecule has 0 aliphatic heterocycles. The molecule has 9 nitrogen and oxygen atoms in total. The Morgan fingerprint density at radius 3 is 2.48 bits per heavy atom. The van der Waals surface area contributed by atoms with Crippen LogP contribution in [-0.4, -0.2) is 43.0 Å². The molecular formula is C17H19N5O4S. The van der Waals surface area contributed by atoms with Crippen LogP contribution >= 0.6 is 11.8 Å². The van der Waals surface area contributed by atoms with E-state index in [1.54, 1.807) is 12.1 Å². The van der Waals surface area contributed by atoms with E-state index in [-0.39, 0.29) is 29.6 Å². The SMILES string of the molecule is COc1cc(OC)c(OC)cc1CNC(=O)CSc1ncc(C#N)c(N)n1. The maximum absolute atomic E-state index is 12.1. The number of carbonyl (C=O) groups excluding carboxylic acids is 1. The molecule has 2 aromatic rings. The third-order valence-electron chi connectivity index (χ3n) is 3.51. The molecule has 0 saturated carbocycles. The summed E-state index contributed by atoms with van der Waals surface area (Å²) in [6.45, 7) is 0.249. The standard InChI is InChI=1S/C17H19N5O4S/c1-24-12-5-14(26-3)13(25-2)4-10(12)7-20-15(23)9-27-17-21-8-11(6-18)16(19)22-17/h4-5,8H,7,9H2,1-3H3,(H,20,23)(H2,19,21,22). The molecule has 1 aromatic carbocycles. The first-order valence-corrected chi connectivity index (χ1v) is 8.71. The summed E-state index contributed by atoms with van der Waals surface area (Å²) in [5, 5.41) is 11.9. The van der Waals surface area contributed by atoms with Gasteiger partial charge < -0.3 is 25.3 Å². The summed E-state index contributed by atoms with van der Waals surface area (Å²) in [5.41, 5.74) is 6.57. The summed E-state index contributed by atoms with van der Waals surface area (Å²) in [4.78, 5) is 20.1. The zero-order valence-electron chi connectivity index (χ0n) is 15.1. The van der Waals surface area contributed by atoms with Gasteiger partial charge in [-0.15, -0.1) is 0 Å². The monoisotopic (exact) mass is 389 g/mol. The molecule has 10 heteroatoms. The van der Waals surface area contributed by atoms with Gasteiger partial charge in [0.1, 0.15) is 23.2 Å². The fraction of sp³-hybridized carbons (Fsp3) is 0.294. The van der Waals surface area contributed by atoms with Gasteiger partial charge in [-0.25, -0.2) is 9.97 Å². The van der Waals surface area contributed by atoms with Crippen molar-refractivity contribution >= 4 is 23.5 Å². The van der Waals surface area contributed by atoms with E-state index in [1.165, 1.54) is 27.5 Å². The van der Waals surface area contributed by atoms with Gasteiger partial charge in [-0.3, -0.25) is 4.79 Å². The average Bonchev–Trinajstić information content (AvgIpc) is 2.69. The number of methoxy groups -OCH3 is 3. The van der Waals surface area contributed by atoms with E-state index in [1.807, 2.05) is 6.07 Å². The van der Waals surface area contributed by atoms with Crippen molar-refractivity contribution < 1.29 is 19.0 Å². The highest BCUT2D eigenvalue weighted by atomic mass is 32.2. The molecule has 0 fully saturated rings. The number of hydrogen-bond acceptors (Lipinski definition) is 9. The van der Waals surface area contributed by atoms with Gasteiger partial charge in [0, 0.05) is 18.2 Å². The van der Waals surface area contributed by atoms with Crippen molar-refractivity contribution in [1.29, 1.82) is 5.26 Å². The number of benzene rings is 1. The first kappa shape index (κ1) is 20.1. The molecule has 1 heterocycles. The number of nitrogen functional groups attached to an aromatic ring is 1. The molecule has 1 amide bonds. The van der Waals surface area contributed by atoms with Crippen LogP contribution in [0.4, 0.5) is 5.82 Å². The number of nitrogens with two attached hydrogens (primary N) is 1. The number of anilines is 1. The number of nitrogens with zero attached hydrogens (tertiary/aromatic N) is 3. The molecule has 0 bridgehead atoms. The first-order chi connectivity index (χ1) is 13.0. The number of rotatable bonds is 8. The highest BCUT2D eigenvalue weighted by molar-refractivity contribution is 7.99. The van der Waals surface area contributed by atoms with E-state index >= 15 is 0 Å².